The van der Waals surface area contributed by atoms with Gasteiger partial charge in [-0.05, 0) is 66.7 Å². The van der Waals surface area contributed by atoms with Crippen LogP contribution in [-0.4, -0.2) is 58.7 Å². The second kappa shape index (κ2) is 8.33. The van der Waals surface area contributed by atoms with Crippen molar-refractivity contribution in [1.29, 1.82) is 0 Å². The Hall–Kier alpha value is -2.03. The Balaban J connectivity index is 3.25. The molecule has 0 radical (unpaired) electrons. The lowest BCUT2D eigenvalue weighted by atomic mass is 9.95. The number of nitrogens with zero attached hydrogens (tertiary/aromatic N) is 1. The van der Waals surface area contributed by atoms with Crippen molar-refractivity contribution in [2.75, 3.05) is 13.7 Å². The van der Waals surface area contributed by atoms with Gasteiger partial charge >= 0.3 is 18.2 Å². The van der Waals surface area contributed by atoms with Crippen LogP contribution in [0.1, 0.15) is 60.8 Å². The molecule has 0 saturated heterocycles. The van der Waals surface area contributed by atoms with E-state index in [-0.39, 0.29) is 25.4 Å². The summed E-state index contributed by atoms with van der Waals surface area (Å²) in [5, 5.41) is 10.4. The lowest BCUT2D eigenvalue weighted by Crippen LogP contribution is -2.64. The summed E-state index contributed by atoms with van der Waals surface area (Å²) in [6.07, 6.45) is -0.979. The lowest BCUT2D eigenvalue weighted by Gasteiger charge is -2.39. The van der Waals surface area contributed by atoms with Gasteiger partial charge in [0.2, 0.25) is 0 Å². The van der Waals surface area contributed by atoms with Crippen molar-refractivity contribution in [1.82, 2.24) is 10.4 Å². The van der Waals surface area contributed by atoms with Crippen LogP contribution in [0.15, 0.2) is 0 Å². The molecule has 1 rings (SSSR count). The molecule has 0 aliphatic heterocycles. The van der Waals surface area contributed by atoms with Crippen molar-refractivity contribution in [3.63, 3.8) is 0 Å². The second-order valence-corrected chi connectivity index (χ2v) is 8.74. The maximum absolute atomic E-state index is 12.8. The summed E-state index contributed by atoms with van der Waals surface area (Å²) in [7, 11) is 1.21. The van der Waals surface area contributed by atoms with E-state index in [1.54, 1.807) is 41.5 Å². The van der Waals surface area contributed by atoms with Gasteiger partial charge in [-0.2, -0.15) is 5.01 Å². The topological polar surface area (TPSA) is 114 Å². The Labute approximate surface area is 160 Å². The highest BCUT2D eigenvalue weighted by Crippen LogP contribution is 2.40. The zero-order valence-corrected chi connectivity index (χ0v) is 17.2. The van der Waals surface area contributed by atoms with Crippen LogP contribution < -0.4 is 5.43 Å². The average Bonchev–Trinajstić information content (AvgIpc) is 2.93. The molecule has 1 aliphatic carbocycles. The molecule has 27 heavy (non-hydrogen) atoms. The van der Waals surface area contributed by atoms with E-state index in [1.165, 1.54) is 7.11 Å². The number of methoxy groups -OCH3 is 1. The van der Waals surface area contributed by atoms with Crippen LogP contribution in [0.4, 0.5) is 9.59 Å². The molecule has 0 aromatic rings. The standard InChI is InChI=1S/C18H32N2O7/c1-16(2,3)26-14(23)19-20(15(24)27-17(4,5)6)18(13(22)25-7)9-8-12(10-18)11-21/h12,21H,8-11H2,1-7H3,(H,19,23). The number of ether oxygens (including phenoxy) is 3. The van der Waals surface area contributed by atoms with Gasteiger partial charge in [-0.3, -0.25) is 0 Å². The Morgan fingerprint density at radius 3 is 2.07 bits per heavy atom. The van der Waals surface area contributed by atoms with Crippen molar-refractivity contribution < 1.29 is 33.7 Å². The molecule has 0 spiro atoms. The number of esters is 1. The Morgan fingerprint density at radius 2 is 1.67 bits per heavy atom. The first-order valence-electron chi connectivity index (χ1n) is 8.96. The van der Waals surface area contributed by atoms with E-state index < -0.39 is 34.9 Å². The molecule has 0 aromatic heterocycles. The summed E-state index contributed by atoms with van der Waals surface area (Å²) in [5.74, 6) is -0.908. The number of carbonyl (C=O) groups is 3. The van der Waals surface area contributed by atoms with Gasteiger partial charge in [-0.1, -0.05) is 0 Å². The van der Waals surface area contributed by atoms with E-state index in [0.717, 1.165) is 5.01 Å². The van der Waals surface area contributed by atoms with Gasteiger partial charge in [0.05, 0.1) is 7.11 Å². The third kappa shape index (κ3) is 6.27. The second-order valence-electron chi connectivity index (χ2n) is 8.74. The van der Waals surface area contributed by atoms with Gasteiger partial charge in [0.1, 0.15) is 11.2 Å². The van der Waals surface area contributed by atoms with Crippen molar-refractivity contribution in [3.05, 3.63) is 0 Å². The predicted octanol–water partition coefficient (Wildman–Crippen LogP) is 2.37. The summed E-state index contributed by atoms with van der Waals surface area (Å²) in [5.41, 5.74) is -0.781. The maximum Gasteiger partial charge on any atom is 0.430 e. The number of nitrogens with one attached hydrogen (secondary N) is 1. The summed E-state index contributed by atoms with van der Waals surface area (Å²) < 4.78 is 15.5. The first-order valence-corrected chi connectivity index (χ1v) is 8.96. The van der Waals surface area contributed by atoms with E-state index >= 15 is 0 Å². The summed E-state index contributed by atoms with van der Waals surface area (Å²) in [6.45, 7) is 9.91. The predicted molar refractivity (Wildman–Crippen MR) is 96.6 cm³/mol. The number of aliphatic hydroxyl groups is 1. The molecule has 2 N–H and O–H groups in total. The molecule has 0 heterocycles. The van der Waals surface area contributed by atoms with E-state index in [0.29, 0.717) is 6.42 Å². The molecule has 156 valence electrons. The number of aliphatic hydroxyl groups excluding tert-OH is 1. The monoisotopic (exact) mass is 388 g/mol. The van der Waals surface area contributed by atoms with Gasteiger partial charge in [0.15, 0.2) is 5.54 Å². The molecule has 2 amide bonds. The Morgan fingerprint density at radius 1 is 1.11 bits per heavy atom. The minimum atomic E-state index is -1.48. The minimum absolute atomic E-state index is 0.130. The highest BCUT2D eigenvalue weighted by atomic mass is 16.6. The minimum Gasteiger partial charge on any atom is -0.467 e. The summed E-state index contributed by atoms with van der Waals surface area (Å²) >= 11 is 0. The van der Waals surface area contributed by atoms with Gasteiger partial charge in [-0.25, -0.2) is 19.8 Å². The molecule has 0 aromatic carbocycles. The quantitative estimate of drug-likeness (QED) is 0.433. The lowest BCUT2D eigenvalue weighted by molar-refractivity contribution is -0.157. The normalized spacial score (nSPS) is 22.7. The molecule has 1 fully saturated rings. The average molecular weight is 388 g/mol. The van der Waals surface area contributed by atoms with Gasteiger partial charge in [-0.15, -0.1) is 0 Å². The first-order chi connectivity index (χ1) is 12.2. The molecule has 1 aliphatic rings. The Bertz CT molecular complexity index is 565. The SMILES string of the molecule is COC(=O)C1(N(NC(=O)OC(C)(C)C)C(=O)OC(C)(C)C)CCC(CO)C1. The zero-order chi connectivity index (χ0) is 21.0. The number of carbonyl (C=O) groups excluding carboxylic acids is 3. The molecule has 0 bridgehead atoms. The summed E-state index contributed by atoms with van der Waals surface area (Å²) in [4.78, 5) is 37.8. The van der Waals surface area contributed by atoms with Gasteiger partial charge in [0, 0.05) is 6.61 Å². The highest BCUT2D eigenvalue weighted by molar-refractivity contribution is 5.87. The van der Waals surface area contributed by atoms with Gasteiger partial charge in [0.25, 0.3) is 0 Å². The van der Waals surface area contributed by atoms with E-state index in [1.807, 2.05) is 0 Å². The van der Waals surface area contributed by atoms with Crippen LogP contribution in [0.2, 0.25) is 0 Å². The number of hydrogen-bond donors (Lipinski definition) is 2. The molecular formula is C18H32N2O7. The molecule has 9 nitrogen and oxygen atoms in total. The molecular weight excluding hydrogens is 356 g/mol. The fourth-order valence-electron chi connectivity index (χ4n) is 2.98. The van der Waals surface area contributed by atoms with Crippen molar-refractivity contribution in [2.45, 2.75) is 77.5 Å². The fraction of sp³-hybridized carbons (Fsp3) is 0.833. The smallest absolute Gasteiger partial charge is 0.430 e. The van der Waals surface area contributed by atoms with E-state index in [4.69, 9.17) is 14.2 Å². The number of amides is 2. The molecule has 9 heteroatoms. The van der Waals surface area contributed by atoms with Crippen LogP contribution in [0.3, 0.4) is 0 Å². The van der Waals surface area contributed by atoms with Crippen molar-refractivity contribution in [3.8, 4) is 0 Å². The molecule has 2 unspecified atom stereocenters. The third-order valence-electron chi connectivity index (χ3n) is 4.02. The third-order valence-corrected chi connectivity index (χ3v) is 4.02. The van der Waals surface area contributed by atoms with Crippen molar-refractivity contribution >= 4 is 18.2 Å². The van der Waals surface area contributed by atoms with Crippen molar-refractivity contribution in [2.24, 2.45) is 5.92 Å². The number of hydrogen-bond acceptors (Lipinski definition) is 7. The van der Waals surface area contributed by atoms with Crippen LogP contribution >= 0.6 is 0 Å². The Kier molecular flexibility index (Phi) is 7.10. The fourth-order valence-corrected chi connectivity index (χ4v) is 2.98. The molecule has 1 saturated carbocycles. The largest absolute Gasteiger partial charge is 0.467 e. The summed E-state index contributed by atoms with van der Waals surface area (Å²) in [6, 6.07) is 0. The highest BCUT2D eigenvalue weighted by Gasteiger charge is 2.55. The molecule has 2 atom stereocenters. The van der Waals surface area contributed by atoms with Crippen LogP contribution in [0, 0.1) is 5.92 Å². The van der Waals surface area contributed by atoms with E-state index in [2.05, 4.69) is 5.43 Å². The van der Waals surface area contributed by atoms with Crippen LogP contribution in [-0.2, 0) is 19.0 Å². The number of hydrazine groups is 1. The number of rotatable bonds is 3. The first kappa shape index (κ1) is 23.0. The van der Waals surface area contributed by atoms with E-state index in [9.17, 15) is 19.5 Å². The maximum atomic E-state index is 12.8. The zero-order valence-electron chi connectivity index (χ0n) is 17.2. The van der Waals surface area contributed by atoms with Crippen LogP contribution in [0.25, 0.3) is 0 Å². The van der Waals surface area contributed by atoms with Gasteiger partial charge < -0.3 is 19.3 Å². The van der Waals surface area contributed by atoms with Crippen LogP contribution in [0.5, 0.6) is 0 Å².